The van der Waals surface area contributed by atoms with Crippen molar-refractivity contribution in [2.75, 3.05) is 10.6 Å². The number of aromatic nitrogens is 2. The molecule has 2 amide bonds. The number of anilines is 2. The fourth-order valence-electron chi connectivity index (χ4n) is 1.50. The van der Waals surface area contributed by atoms with Crippen molar-refractivity contribution < 1.29 is 9.90 Å². The number of rotatable bonds is 2. The van der Waals surface area contributed by atoms with Crippen LogP contribution < -0.4 is 10.6 Å². The molecule has 2 aromatic rings. The molecule has 0 aliphatic carbocycles. The van der Waals surface area contributed by atoms with Crippen molar-refractivity contribution in [3.05, 3.63) is 36.0 Å². The van der Waals surface area contributed by atoms with E-state index in [0.29, 0.717) is 11.3 Å². The first-order valence-corrected chi connectivity index (χ1v) is 5.39. The highest BCUT2D eigenvalue weighted by Crippen LogP contribution is 2.13. The monoisotopic (exact) mass is 257 g/mol. The summed E-state index contributed by atoms with van der Waals surface area (Å²) in [4.78, 5) is 15.4. The fourth-order valence-corrected chi connectivity index (χ4v) is 1.50. The maximum Gasteiger partial charge on any atom is 0.326 e. The number of carbonyl (C=O) groups excluding carboxylic acids is 1. The van der Waals surface area contributed by atoms with Crippen molar-refractivity contribution >= 4 is 17.7 Å². The number of nitriles is 1. The first-order valence-electron chi connectivity index (χ1n) is 5.39. The molecule has 3 N–H and O–H groups in total. The molecule has 0 unspecified atom stereocenters. The van der Waals surface area contributed by atoms with Gasteiger partial charge in [0.2, 0.25) is 11.8 Å². The van der Waals surface area contributed by atoms with Gasteiger partial charge in [-0.3, -0.25) is 5.32 Å². The molecule has 0 aliphatic heterocycles. The van der Waals surface area contributed by atoms with Gasteiger partial charge >= 0.3 is 6.03 Å². The number of hydrogen-bond donors (Lipinski definition) is 3. The van der Waals surface area contributed by atoms with Gasteiger partial charge in [-0.2, -0.15) is 10.2 Å². The number of urea groups is 1. The summed E-state index contributed by atoms with van der Waals surface area (Å²) >= 11 is 0. The Morgan fingerprint density at radius 2 is 2.26 bits per heavy atom. The van der Waals surface area contributed by atoms with Crippen LogP contribution in [0, 0.1) is 11.3 Å². The Kier molecular flexibility index (Phi) is 3.34. The molecule has 2 rings (SSSR count). The van der Waals surface area contributed by atoms with Crippen LogP contribution in [-0.2, 0) is 7.05 Å². The number of benzene rings is 1. The molecule has 1 heterocycles. The van der Waals surface area contributed by atoms with Gasteiger partial charge in [-0.15, -0.1) is 0 Å². The lowest BCUT2D eigenvalue weighted by molar-refractivity contribution is 0.262. The predicted molar refractivity (Wildman–Crippen MR) is 68.7 cm³/mol. The van der Waals surface area contributed by atoms with Crippen LogP contribution >= 0.6 is 0 Å². The number of carbonyl (C=O) groups is 1. The number of amides is 2. The summed E-state index contributed by atoms with van der Waals surface area (Å²) in [6.45, 7) is 0. The molecule has 0 saturated heterocycles. The fraction of sp³-hybridized carbons (Fsp3) is 0.0833. The van der Waals surface area contributed by atoms with Gasteiger partial charge in [0.25, 0.3) is 0 Å². The second-order valence-electron chi connectivity index (χ2n) is 3.81. The Hall–Kier alpha value is -3.01. The Balaban J connectivity index is 2.05. The number of aryl methyl sites for hydroxylation is 1. The summed E-state index contributed by atoms with van der Waals surface area (Å²) in [5, 5.41) is 23.0. The van der Waals surface area contributed by atoms with Crippen LogP contribution in [0.1, 0.15) is 5.56 Å². The molecular formula is C12H11N5O2. The highest BCUT2D eigenvalue weighted by molar-refractivity contribution is 5.98. The second-order valence-corrected chi connectivity index (χ2v) is 3.81. The lowest BCUT2D eigenvalue weighted by atomic mass is 10.2. The topological polar surface area (TPSA) is 103 Å². The molecule has 0 saturated carbocycles. The second kappa shape index (κ2) is 5.10. The lowest BCUT2D eigenvalue weighted by Crippen LogP contribution is -2.21. The van der Waals surface area contributed by atoms with Gasteiger partial charge in [-0.05, 0) is 18.2 Å². The van der Waals surface area contributed by atoms with Crippen LogP contribution in [0.5, 0.6) is 5.88 Å². The van der Waals surface area contributed by atoms with Gasteiger partial charge in [-0.1, -0.05) is 6.07 Å². The van der Waals surface area contributed by atoms with Crippen LogP contribution in [0.4, 0.5) is 16.4 Å². The third kappa shape index (κ3) is 3.01. The molecule has 0 radical (unpaired) electrons. The molecular weight excluding hydrogens is 246 g/mol. The van der Waals surface area contributed by atoms with Crippen LogP contribution in [0.15, 0.2) is 30.5 Å². The van der Waals surface area contributed by atoms with E-state index in [2.05, 4.69) is 15.6 Å². The SMILES string of the molecule is Cn1cc(O)nc1NC(=O)Nc1cccc(C#N)c1. The van der Waals surface area contributed by atoms with Crippen LogP contribution in [0.3, 0.4) is 0 Å². The standard InChI is InChI=1S/C12H11N5O2/c1-17-7-10(18)15-11(17)16-12(19)14-9-4-2-3-8(5-9)6-13/h2-5,7,18H,1H3,(H2,14,15,16,19). The molecule has 7 nitrogen and oxygen atoms in total. The van der Waals surface area contributed by atoms with E-state index < -0.39 is 6.03 Å². The highest BCUT2D eigenvalue weighted by Gasteiger charge is 2.08. The number of aromatic hydroxyl groups is 1. The molecule has 0 aliphatic rings. The van der Waals surface area contributed by atoms with Crippen molar-refractivity contribution in [1.29, 1.82) is 5.26 Å². The van der Waals surface area contributed by atoms with E-state index in [4.69, 9.17) is 10.4 Å². The molecule has 0 spiro atoms. The van der Waals surface area contributed by atoms with E-state index in [1.165, 1.54) is 10.8 Å². The third-order valence-corrected chi connectivity index (χ3v) is 2.34. The van der Waals surface area contributed by atoms with E-state index >= 15 is 0 Å². The van der Waals surface area contributed by atoms with Gasteiger partial charge in [0.15, 0.2) is 0 Å². The molecule has 96 valence electrons. The minimum atomic E-state index is -0.510. The van der Waals surface area contributed by atoms with Gasteiger partial charge in [0.05, 0.1) is 17.8 Å². The third-order valence-electron chi connectivity index (χ3n) is 2.34. The summed E-state index contributed by atoms with van der Waals surface area (Å²) in [6, 6.07) is 7.99. The Morgan fingerprint density at radius 1 is 1.47 bits per heavy atom. The maximum atomic E-state index is 11.7. The van der Waals surface area contributed by atoms with Crippen LogP contribution in [0.2, 0.25) is 0 Å². The lowest BCUT2D eigenvalue weighted by Gasteiger charge is -2.07. The molecule has 1 aromatic heterocycles. The van der Waals surface area contributed by atoms with Crippen molar-refractivity contribution in [1.82, 2.24) is 9.55 Å². The van der Waals surface area contributed by atoms with E-state index in [-0.39, 0.29) is 11.8 Å². The van der Waals surface area contributed by atoms with Crippen molar-refractivity contribution in [2.24, 2.45) is 7.05 Å². The Morgan fingerprint density at radius 3 is 2.89 bits per heavy atom. The van der Waals surface area contributed by atoms with Crippen molar-refractivity contribution in [3.63, 3.8) is 0 Å². The van der Waals surface area contributed by atoms with E-state index in [1.807, 2.05) is 6.07 Å². The summed E-state index contributed by atoms with van der Waals surface area (Å²) < 4.78 is 1.47. The van der Waals surface area contributed by atoms with Crippen LogP contribution in [-0.4, -0.2) is 20.7 Å². The zero-order valence-electron chi connectivity index (χ0n) is 10.1. The first-order chi connectivity index (χ1) is 9.08. The molecule has 7 heteroatoms. The number of imidazole rings is 1. The van der Waals surface area contributed by atoms with E-state index in [0.717, 1.165) is 0 Å². The Bertz CT molecular complexity index is 656. The quantitative estimate of drug-likeness (QED) is 0.760. The highest BCUT2D eigenvalue weighted by atomic mass is 16.3. The summed E-state index contributed by atoms with van der Waals surface area (Å²) in [7, 11) is 1.64. The largest absolute Gasteiger partial charge is 0.492 e. The summed E-state index contributed by atoms with van der Waals surface area (Å²) in [5.41, 5.74) is 0.947. The van der Waals surface area contributed by atoms with Gasteiger partial charge in [0, 0.05) is 12.7 Å². The van der Waals surface area contributed by atoms with Crippen molar-refractivity contribution in [2.45, 2.75) is 0 Å². The van der Waals surface area contributed by atoms with Crippen molar-refractivity contribution in [3.8, 4) is 11.9 Å². The summed E-state index contributed by atoms with van der Waals surface area (Å²) in [5.74, 6) is 0.0377. The predicted octanol–water partition coefficient (Wildman–Crippen LogP) is 1.64. The molecule has 19 heavy (non-hydrogen) atoms. The molecule has 0 bridgehead atoms. The molecule has 0 atom stereocenters. The van der Waals surface area contributed by atoms with Gasteiger partial charge in [0.1, 0.15) is 0 Å². The molecule has 1 aromatic carbocycles. The first kappa shape index (κ1) is 12.4. The van der Waals surface area contributed by atoms with Crippen LogP contribution in [0.25, 0.3) is 0 Å². The minimum absolute atomic E-state index is 0.177. The van der Waals surface area contributed by atoms with Gasteiger partial charge < -0.3 is 15.0 Å². The van der Waals surface area contributed by atoms with E-state index in [1.54, 1.807) is 31.3 Å². The average Bonchev–Trinajstić information content (AvgIpc) is 2.68. The zero-order valence-corrected chi connectivity index (χ0v) is 10.1. The van der Waals surface area contributed by atoms with E-state index in [9.17, 15) is 4.79 Å². The minimum Gasteiger partial charge on any atom is -0.492 e. The number of hydrogen-bond acceptors (Lipinski definition) is 4. The normalized spacial score (nSPS) is 9.68. The number of nitrogens with zero attached hydrogens (tertiary/aromatic N) is 3. The number of nitrogens with one attached hydrogen (secondary N) is 2. The Labute approximate surface area is 109 Å². The zero-order chi connectivity index (χ0) is 13.8. The molecule has 0 fully saturated rings. The maximum absolute atomic E-state index is 11.7. The average molecular weight is 257 g/mol. The summed E-state index contributed by atoms with van der Waals surface area (Å²) in [6.07, 6.45) is 1.37. The smallest absolute Gasteiger partial charge is 0.326 e. The van der Waals surface area contributed by atoms with Gasteiger partial charge in [-0.25, -0.2) is 4.79 Å².